The topological polar surface area (TPSA) is 118 Å². The van der Waals surface area contributed by atoms with Gasteiger partial charge in [0, 0.05) is 30.0 Å². The van der Waals surface area contributed by atoms with Crippen molar-refractivity contribution in [3.05, 3.63) is 63.7 Å². The molecule has 1 unspecified atom stereocenters. The minimum absolute atomic E-state index is 0.00513. The van der Waals surface area contributed by atoms with E-state index in [1.165, 1.54) is 6.07 Å². The summed E-state index contributed by atoms with van der Waals surface area (Å²) in [7, 11) is 0. The van der Waals surface area contributed by atoms with Gasteiger partial charge in [-0.25, -0.2) is 0 Å². The fraction of sp³-hybridized carbons (Fsp3) is 0.273. The van der Waals surface area contributed by atoms with Crippen LogP contribution in [0.15, 0.2) is 30.3 Å². The highest BCUT2D eigenvalue weighted by molar-refractivity contribution is 6.29. The maximum Gasteiger partial charge on any atom is 0.303 e. The molecule has 0 aliphatic heterocycles. The number of hydrogen-bond donors (Lipinski definition) is 2. The third kappa shape index (κ3) is 2.94. The number of phenols is 1. The number of aliphatic hydroxyl groups is 1. The van der Waals surface area contributed by atoms with Gasteiger partial charge in [0.1, 0.15) is 11.4 Å². The molecule has 0 heterocycles. The lowest BCUT2D eigenvalue weighted by Crippen LogP contribution is -2.46. The quantitative estimate of drug-likeness (QED) is 0.647. The van der Waals surface area contributed by atoms with E-state index in [2.05, 4.69) is 0 Å². The summed E-state index contributed by atoms with van der Waals surface area (Å²) in [6.45, 7) is 0.612. The minimum atomic E-state index is -1.78. The number of ketones is 3. The Morgan fingerprint density at radius 3 is 2.41 bits per heavy atom. The number of carbonyl (C=O) groups excluding carboxylic acids is 4. The lowest BCUT2D eigenvalue weighted by Gasteiger charge is -2.33. The summed E-state index contributed by atoms with van der Waals surface area (Å²) < 4.78 is 4.70. The number of carbonyl (C=O) groups is 4. The van der Waals surface area contributed by atoms with Crippen molar-refractivity contribution in [1.82, 2.24) is 0 Å². The molecule has 2 aromatic rings. The molecule has 4 rings (SSSR count). The van der Waals surface area contributed by atoms with Crippen LogP contribution in [-0.2, 0) is 27.2 Å². The number of phenolic OH excluding ortho intramolecular Hbond substituents is 1. The summed E-state index contributed by atoms with van der Waals surface area (Å²) in [5.41, 5.74) is -0.403. The maximum atomic E-state index is 12.9. The number of hydrogen-bond acceptors (Lipinski definition) is 7. The summed E-state index contributed by atoms with van der Waals surface area (Å²) in [6, 6.07) is 7.88. The van der Waals surface area contributed by atoms with Gasteiger partial charge in [0.05, 0.1) is 5.56 Å². The zero-order chi connectivity index (χ0) is 20.9. The average Bonchev–Trinajstić information content (AvgIpc) is 2.69. The monoisotopic (exact) mass is 394 g/mol. The van der Waals surface area contributed by atoms with E-state index in [4.69, 9.17) is 4.74 Å². The van der Waals surface area contributed by atoms with E-state index in [-0.39, 0.29) is 47.3 Å². The van der Waals surface area contributed by atoms with Crippen LogP contribution in [0.3, 0.4) is 0 Å². The van der Waals surface area contributed by atoms with Crippen molar-refractivity contribution < 1.29 is 34.1 Å². The smallest absolute Gasteiger partial charge is 0.303 e. The maximum absolute atomic E-state index is 12.9. The third-order valence-electron chi connectivity index (χ3n) is 5.58. The first-order chi connectivity index (χ1) is 13.7. The van der Waals surface area contributed by atoms with Gasteiger partial charge in [-0.2, -0.15) is 0 Å². The number of aromatic hydroxyl groups is 1. The summed E-state index contributed by atoms with van der Waals surface area (Å²) in [5, 5.41) is 21.6. The van der Waals surface area contributed by atoms with Gasteiger partial charge in [0.15, 0.2) is 18.2 Å². The molecule has 2 aromatic carbocycles. The van der Waals surface area contributed by atoms with Gasteiger partial charge in [-0.3, -0.25) is 19.2 Å². The summed E-state index contributed by atoms with van der Waals surface area (Å²) >= 11 is 0. The Labute approximate surface area is 165 Å². The Balaban J connectivity index is 1.76. The molecule has 0 fully saturated rings. The molecular weight excluding hydrogens is 376 g/mol. The second kappa shape index (κ2) is 6.63. The Morgan fingerprint density at radius 2 is 1.76 bits per heavy atom. The fourth-order valence-corrected chi connectivity index (χ4v) is 4.04. The fourth-order valence-electron chi connectivity index (χ4n) is 4.04. The van der Waals surface area contributed by atoms with Gasteiger partial charge in [-0.1, -0.05) is 24.3 Å². The van der Waals surface area contributed by atoms with Gasteiger partial charge < -0.3 is 14.9 Å². The molecule has 0 bridgehead atoms. The number of benzene rings is 2. The molecule has 1 atom stereocenters. The predicted octanol–water partition coefficient (Wildman–Crippen LogP) is 1.52. The van der Waals surface area contributed by atoms with Crippen molar-refractivity contribution >= 4 is 23.3 Å². The first-order valence-electron chi connectivity index (χ1n) is 9.18. The van der Waals surface area contributed by atoms with Crippen molar-refractivity contribution in [3.8, 4) is 5.75 Å². The van der Waals surface area contributed by atoms with Gasteiger partial charge >= 0.3 is 5.97 Å². The molecule has 7 heteroatoms. The molecule has 0 aromatic heterocycles. The van der Waals surface area contributed by atoms with Gasteiger partial charge in [-0.15, -0.1) is 0 Å². The molecule has 2 aliphatic carbocycles. The summed E-state index contributed by atoms with van der Waals surface area (Å²) in [5.74, 6) is -2.38. The average molecular weight is 394 g/mol. The van der Waals surface area contributed by atoms with E-state index >= 15 is 0 Å². The van der Waals surface area contributed by atoms with Crippen LogP contribution in [0.1, 0.15) is 56.3 Å². The van der Waals surface area contributed by atoms with E-state index in [9.17, 15) is 29.4 Å². The number of ether oxygens (including phenoxy) is 1. The highest BCUT2D eigenvalue weighted by atomic mass is 16.5. The lowest BCUT2D eigenvalue weighted by atomic mass is 9.74. The molecular formula is C22H18O7. The minimum Gasteiger partial charge on any atom is -0.507 e. The van der Waals surface area contributed by atoms with Crippen LogP contribution in [-0.4, -0.2) is 45.7 Å². The van der Waals surface area contributed by atoms with Crippen molar-refractivity contribution in [2.24, 2.45) is 0 Å². The Morgan fingerprint density at radius 1 is 1.10 bits per heavy atom. The van der Waals surface area contributed by atoms with Crippen LogP contribution < -0.4 is 0 Å². The SMILES string of the molecule is CC(=O)OCC(=O)C1(O)CCc2c(cc3c(c2O)C(=O)c2ccccc2C3=O)C1. The van der Waals surface area contributed by atoms with E-state index in [0.717, 1.165) is 6.92 Å². The molecule has 2 N–H and O–H groups in total. The summed E-state index contributed by atoms with van der Waals surface area (Å²) in [4.78, 5) is 49.1. The molecule has 0 saturated heterocycles. The lowest BCUT2D eigenvalue weighted by molar-refractivity contribution is -0.153. The highest BCUT2D eigenvalue weighted by Crippen LogP contribution is 2.41. The van der Waals surface area contributed by atoms with Crippen LogP contribution in [0.2, 0.25) is 0 Å². The van der Waals surface area contributed by atoms with E-state index < -0.39 is 35.5 Å². The van der Waals surface area contributed by atoms with Crippen LogP contribution in [0.4, 0.5) is 0 Å². The molecule has 0 spiro atoms. The number of esters is 1. The number of Topliss-reactive ketones (excluding diaryl/α,β-unsaturated/α-hetero) is 1. The largest absolute Gasteiger partial charge is 0.507 e. The summed E-state index contributed by atoms with van der Waals surface area (Å²) in [6.07, 6.45) is -0.00255. The second-order valence-electron chi connectivity index (χ2n) is 7.40. The molecule has 0 saturated carbocycles. The molecule has 2 aliphatic rings. The van der Waals surface area contributed by atoms with Crippen molar-refractivity contribution in [2.45, 2.75) is 31.8 Å². The van der Waals surface area contributed by atoms with Gasteiger partial charge in [0.2, 0.25) is 5.78 Å². The molecule has 7 nitrogen and oxygen atoms in total. The van der Waals surface area contributed by atoms with Crippen LogP contribution in [0.25, 0.3) is 0 Å². The Hall–Kier alpha value is -3.32. The normalized spacial score (nSPS) is 19.8. The molecule has 0 radical (unpaired) electrons. The first-order valence-corrected chi connectivity index (χ1v) is 9.18. The molecule has 148 valence electrons. The molecule has 0 amide bonds. The van der Waals surface area contributed by atoms with Crippen molar-refractivity contribution in [2.75, 3.05) is 6.61 Å². The van der Waals surface area contributed by atoms with Crippen molar-refractivity contribution in [3.63, 3.8) is 0 Å². The van der Waals surface area contributed by atoms with E-state index in [1.807, 2.05) is 0 Å². The van der Waals surface area contributed by atoms with Crippen LogP contribution in [0.5, 0.6) is 5.75 Å². The standard InChI is InChI=1S/C22H18O7/c1-11(23)29-10-17(24)22(28)7-6-13-12(9-22)8-16-18(20(13)26)21(27)15-5-3-2-4-14(15)19(16)25/h2-5,8,26,28H,6-7,9-10H2,1H3. The van der Waals surface area contributed by atoms with Crippen molar-refractivity contribution in [1.29, 1.82) is 0 Å². The van der Waals surface area contributed by atoms with Gasteiger partial charge in [0.25, 0.3) is 0 Å². The second-order valence-corrected chi connectivity index (χ2v) is 7.40. The van der Waals surface area contributed by atoms with Gasteiger partial charge in [-0.05, 0) is 30.0 Å². The van der Waals surface area contributed by atoms with E-state index in [1.54, 1.807) is 24.3 Å². The zero-order valence-corrected chi connectivity index (χ0v) is 15.7. The Bertz CT molecular complexity index is 1100. The zero-order valence-electron chi connectivity index (χ0n) is 15.7. The van der Waals surface area contributed by atoms with Crippen LogP contribution in [0, 0.1) is 0 Å². The Kier molecular flexibility index (Phi) is 4.35. The highest BCUT2D eigenvalue weighted by Gasteiger charge is 2.42. The predicted molar refractivity (Wildman–Crippen MR) is 100 cm³/mol. The molecule has 29 heavy (non-hydrogen) atoms. The third-order valence-corrected chi connectivity index (χ3v) is 5.58. The van der Waals surface area contributed by atoms with E-state index in [0.29, 0.717) is 11.1 Å². The van der Waals surface area contributed by atoms with Crippen LogP contribution >= 0.6 is 0 Å². The number of fused-ring (bicyclic) bond motifs is 3. The number of rotatable bonds is 3. The first kappa shape index (κ1) is 19.0.